The van der Waals surface area contributed by atoms with E-state index in [9.17, 15) is 22.0 Å². The number of para-hydroxylation sites is 1. The van der Waals surface area contributed by atoms with E-state index < -0.39 is 39.8 Å². The van der Waals surface area contributed by atoms with Gasteiger partial charge in [0.25, 0.3) is 0 Å². The number of rotatable bonds is 8. The lowest BCUT2D eigenvalue weighted by atomic mass is 10.3. The van der Waals surface area contributed by atoms with Crippen LogP contribution >= 0.6 is 0 Å². The van der Waals surface area contributed by atoms with Gasteiger partial charge >= 0.3 is 0 Å². The molecule has 1 rings (SSSR count). The second-order valence-corrected chi connectivity index (χ2v) is 6.44. The maximum atomic E-state index is 13.7. The minimum absolute atomic E-state index is 0.268. The molecule has 22 heavy (non-hydrogen) atoms. The van der Waals surface area contributed by atoms with Crippen LogP contribution in [0.2, 0.25) is 0 Å². The average Bonchev–Trinajstić information content (AvgIpc) is 2.41. The van der Waals surface area contributed by atoms with Gasteiger partial charge < -0.3 is 10.1 Å². The number of sulfonamides is 1. The van der Waals surface area contributed by atoms with Crippen LogP contribution in [0.25, 0.3) is 0 Å². The van der Waals surface area contributed by atoms with Crippen LogP contribution in [-0.4, -0.2) is 47.4 Å². The molecule has 0 aliphatic rings. The van der Waals surface area contributed by atoms with Gasteiger partial charge in [0.15, 0.2) is 11.6 Å². The van der Waals surface area contributed by atoms with Crippen molar-refractivity contribution in [1.29, 1.82) is 0 Å². The van der Waals surface area contributed by atoms with Crippen LogP contribution in [0.3, 0.4) is 0 Å². The zero-order valence-electron chi connectivity index (χ0n) is 12.3. The lowest BCUT2D eigenvalue weighted by Gasteiger charge is -2.22. The third kappa shape index (κ3) is 5.23. The summed E-state index contributed by atoms with van der Waals surface area (Å²) >= 11 is 0. The first-order valence-corrected chi connectivity index (χ1v) is 8.29. The molecule has 124 valence electrons. The zero-order chi connectivity index (χ0) is 16.8. The molecule has 0 radical (unpaired) electrons. The molecule has 0 aliphatic carbocycles. The predicted molar refractivity (Wildman–Crippen MR) is 78.1 cm³/mol. The topological polar surface area (TPSA) is 75.7 Å². The van der Waals surface area contributed by atoms with E-state index in [0.29, 0.717) is 17.3 Å². The Morgan fingerprint density at radius 1 is 1.32 bits per heavy atom. The summed E-state index contributed by atoms with van der Waals surface area (Å²) in [5.74, 6) is -2.78. The molecule has 0 fully saturated rings. The molecule has 0 atom stereocenters. The van der Waals surface area contributed by atoms with Gasteiger partial charge in [0, 0.05) is 20.3 Å². The normalized spacial score (nSPS) is 11.3. The molecule has 1 amide bonds. The Kier molecular flexibility index (Phi) is 6.69. The van der Waals surface area contributed by atoms with Gasteiger partial charge in [-0.25, -0.2) is 17.2 Å². The molecule has 9 heteroatoms. The molecule has 0 aliphatic heterocycles. The molecule has 0 saturated carbocycles. The van der Waals surface area contributed by atoms with Crippen molar-refractivity contribution in [2.75, 3.05) is 37.4 Å². The number of nitrogens with one attached hydrogen (secondary N) is 1. The molecule has 0 saturated heterocycles. The number of ether oxygens (including phenoxy) is 1. The van der Waals surface area contributed by atoms with E-state index in [1.165, 1.54) is 7.11 Å². The van der Waals surface area contributed by atoms with Crippen LogP contribution in [0.4, 0.5) is 14.5 Å². The van der Waals surface area contributed by atoms with Crippen molar-refractivity contribution in [3.8, 4) is 0 Å². The molecule has 1 aromatic carbocycles. The van der Waals surface area contributed by atoms with Crippen LogP contribution in [0, 0.1) is 11.6 Å². The summed E-state index contributed by atoms with van der Waals surface area (Å²) in [6, 6.07) is 2.96. The summed E-state index contributed by atoms with van der Waals surface area (Å²) in [6.45, 7) is -0.00822. The van der Waals surface area contributed by atoms with Crippen molar-refractivity contribution in [3.05, 3.63) is 29.8 Å². The fourth-order valence-corrected chi connectivity index (χ4v) is 2.58. The Morgan fingerprint density at radius 3 is 2.41 bits per heavy atom. The van der Waals surface area contributed by atoms with Gasteiger partial charge in [0.05, 0.1) is 6.26 Å². The largest absolute Gasteiger partial charge is 0.385 e. The van der Waals surface area contributed by atoms with Crippen LogP contribution in [-0.2, 0) is 19.6 Å². The van der Waals surface area contributed by atoms with Crippen molar-refractivity contribution in [3.63, 3.8) is 0 Å². The number of hydrogen-bond donors (Lipinski definition) is 1. The number of amides is 1. The van der Waals surface area contributed by atoms with Gasteiger partial charge in [0.2, 0.25) is 15.9 Å². The fourth-order valence-electron chi connectivity index (χ4n) is 1.72. The second-order valence-electron chi connectivity index (χ2n) is 4.54. The zero-order valence-corrected chi connectivity index (χ0v) is 13.1. The van der Waals surface area contributed by atoms with Crippen molar-refractivity contribution in [2.45, 2.75) is 6.42 Å². The number of hydrogen-bond acceptors (Lipinski definition) is 4. The number of nitrogens with zero attached hydrogens (tertiary/aromatic N) is 1. The standard InChI is InChI=1S/C13H18F2N2O4S/c1-21-8-4-7-16-12(18)9-17(22(2,19)20)13-10(14)5-3-6-11(13)15/h3,5-6H,4,7-9H2,1-2H3,(H,16,18). The maximum Gasteiger partial charge on any atom is 0.240 e. The van der Waals surface area contributed by atoms with E-state index in [2.05, 4.69) is 5.32 Å². The average molecular weight is 336 g/mol. The highest BCUT2D eigenvalue weighted by Crippen LogP contribution is 2.25. The summed E-state index contributed by atoms with van der Waals surface area (Å²) in [4.78, 5) is 11.8. The van der Waals surface area contributed by atoms with Gasteiger partial charge in [-0.15, -0.1) is 0 Å². The second kappa shape index (κ2) is 8.04. The first-order chi connectivity index (χ1) is 10.3. The van der Waals surface area contributed by atoms with Crippen molar-refractivity contribution >= 4 is 21.6 Å². The minimum Gasteiger partial charge on any atom is -0.385 e. The van der Waals surface area contributed by atoms with Crippen LogP contribution in [0.15, 0.2) is 18.2 Å². The Bertz CT molecular complexity index is 602. The Labute approximate surface area is 128 Å². The summed E-state index contributed by atoms with van der Waals surface area (Å²) < 4.78 is 56.2. The Balaban J connectivity index is 2.90. The SMILES string of the molecule is COCCCNC(=O)CN(c1c(F)cccc1F)S(C)(=O)=O. The maximum absolute atomic E-state index is 13.7. The first-order valence-electron chi connectivity index (χ1n) is 6.44. The minimum atomic E-state index is -4.03. The van der Waals surface area contributed by atoms with E-state index >= 15 is 0 Å². The Morgan fingerprint density at radius 2 is 1.91 bits per heavy atom. The van der Waals surface area contributed by atoms with Gasteiger partial charge in [-0.05, 0) is 18.6 Å². The van der Waals surface area contributed by atoms with E-state index in [4.69, 9.17) is 4.74 Å². The fraction of sp³-hybridized carbons (Fsp3) is 0.462. The molecule has 1 aromatic rings. The summed E-state index contributed by atoms with van der Waals surface area (Å²) in [5.41, 5.74) is -0.767. The van der Waals surface area contributed by atoms with Crippen molar-refractivity contribution in [1.82, 2.24) is 5.32 Å². The lowest BCUT2D eigenvalue weighted by Crippen LogP contribution is -2.41. The quantitative estimate of drug-likeness (QED) is 0.715. The van der Waals surface area contributed by atoms with Crippen LogP contribution in [0.5, 0.6) is 0 Å². The Hall–Kier alpha value is -1.74. The molecular weight excluding hydrogens is 318 g/mol. The molecule has 0 bridgehead atoms. The molecular formula is C13H18F2N2O4S. The number of carbonyl (C=O) groups excluding carboxylic acids is 1. The number of methoxy groups -OCH3 is 1. The number of carbonyl (C=O) groups is 1. The van der Waals surface area contributed by atoms with Crippen LogP contribution in [0.1, 0.15) is 6.42 Å². The molecule has 6 nitrogen and oxygen atoms in total. The monoisotopic (exact) mass is 336 g/mol. The van der Waals surface area contributed by atoms with E-state index in [0.717, 1.165) is 24.5 Å². The third-order valence-electron chi connectivity index (χ3n) is 2.72. The summed E-state index contributed by atoms with van der Waals surface area (Å²) in [5, 5.41) is 2.46. The van der Waals surface area contributed by atoms with E-state index in [-0.39, 0.29) is 6.54 Å². The predicted octanol–water partition coefficient (Wildman–Crippen LogP) is 0.883. The van der Waals surface area contributed by atoms with Crippen molar-refractivity contribution in [2.24, 2.45) is 0 Å². The summed E-state index contributed by atoms with van der Waals surface area (Å²) in [7, 11) is -2.52. The molecule has 1 N–H and O–H groups in total. The number of halogens is 2. The molecule has 0 spiro atoms. The molecule has 0 aromatic heterocycles. The van der Waals surface area contributed by atoms with Crippen molar-refractivity contribution < 1.29 is 26.7 Å². The van der Waals surface area contributed by atoms with E-state index in [1.807, 2.05) is 0 Å². The van der Waals surface area contributed by atoms with E-state index in [1.54, 1.807) is 0 Å². The summed E-state index contributed by atoms with van der Waals surface area (Å²) in [6.07, 6.45) is 1.31. The van der Waals surface area contributed by atoms with Gasteiger partial charge in [-0.2, -0.15) is 0 Å². The highest BCUT2D eigenvalue weighted by Gasteiger charge is 2.26. The third-order valence-corrected chi connectivity index (χ3v) is 3.83. The smallest absolute Gasteiger partial charge is 0.240 e. The molecule has 0 unspecified atom stereocenters. The van der Waals surface area contributed by atoms with Gasteiger partial charge in [-0.1, -0.05) is 6.07 Å². The van der Waals surface area contributed by atoms with Gasteiger partial charge in [0.1, 0.15) is 12.2 Å². The molecule has 0 heterocycles. The highest BCUT2D eigenvalue weighted by molar-refractivity contribution is 7.92. The first kappa shape index (κ1) is 18.3. The number of anilines is 1. The van der Waals surface area contributed by atoms with Crippen LogP contribution < -0.4 is 9.62 Å². The van der Waals surface area contributed by atoms with Gasteiger partial charge in [-0.3, -0.25) is 9.10 Å². The highest BCUT2D eigenvalue weighted by atomic mass is 32.2. The lowest BCUT2D eigenvalue weighted by molar-refractivity contribution is -0.119. The number of benzene rings is 1.